The van der Waals surface area contributed by atoms with Crippen molar-refractivity contribution in [3.8, 4) is 6.07 Å². The maximum absolute atomic E-state index is 10.7. The average molecular weight is 236 g/mol. The minimum atomic E-state index is 0.200. The second kappa shape index (κ2) is 4.75. The molecule has 1 heterocycles. The number of benzene rings is 1. The molecule has 1 aromatic rings. The molecule has 2 rings (SSSR count). The largest absolute Gasteiger partial charge is 0.348 e. The van der Waals surface area contributed by atoms with Crippen LogP contribution in [0.1, 0.15) is 18.1 Å². The molecular weight excluding hydrogens is 224 g/mol. The van der Waals surface area contributed by atoms with Gasteiger partial charge in [-0.1, -0.05) is 29.8 Å². The molecule has 0 unspecified atom stereocenters. The van der Waals surface area contributed by atoms with E-state index in [9.17, 15) is 4.79 Å². The average Bonchev–Trinajstić information content (AvgIpc) is 2.39. The van der Waals surface area contributed by atoms with E-state index in [1.807, 2.05) is 44.2 Å². The third kappa shape index (κ3) is 2.10. The highest BCUT2D eigenvalue weighted by Gasteiger charge is 2.16. The van der Waals surface area contributed by atoms with E-state index in [0.717, 1.165) is 16.8 Å². The molecule has 1 aliphatic heterocycles. The van der Waals surface area contributed by atoms with Crippen LogP contribution in [0.2, 0.25) is 0 Å². The summed E-state index contributed by atoms with van der Waals surface area (Å²) < 4.78 is 0. The maximum Gasteiger partial charge on any atom is 0.151 e. The van der Waals surface area contributed by atoms with Crippen LogP contribution in [-0.2, 0) is 4.79 Å². The predicted octanol–water partition coefficient (Wildman–Crippen LogP) is 2.49. The highest BCUT2D eigenvalue weighted by atomic mass is 16.1. The Morgan fingerprint density at radius 2 is 1.83 bits per heavy atom. The van der Waals surface area contributed by atoms with Crippen LogP contribution < -0.4 is 5.32 Å². The number of aryl methyl sites for hydroxylation is 1. The Balaban J connectivity index is 2.52. The van der Waals surface area contributed by atoms with Crippen molar-refractivity contribution in [1.82, 2.24) is 5.32 Å². The summed E-state index contributed by atoms with van der Waals surface area (Å²) in [6, 6.07) is 10.0. The summed E-state index contributed by atoms with van der Waals surface area (Å²) in [4.78, 5) is 10.7. The summed E-state index contributed by atoms with van der Waals surface area (Å²) in [6.07, 6.45) is 1.72. The number of carbonyl (C=O) groups excluding carboxylic acids is 1. The van der Waals surface area contributed by atoms with Crippen LogP contribution in [0.25, 0.3) is 5.57 Å². The van der Waals surface area contributed by atoms with Gasteiger partial charge in [-0.25, -0.2) is 4.79 Å². The van der Waals surface area contributed by atoms with Gasteiger partial charge in [0.15, 0.2) is 5.94 Å². The molecule has 0 amide bonds. The van der Waals surface area contributed by atoms with Crippen LogP contribution in [0, 0.1) is 18.3 Å². The van der Waals surface area contributed by atoms with Crippen molar-refractivity contribution in [1.29, 1.82) is 5.26 Å². The summed E-state index contributed by atoms with van der Waals surface area (Å²) >= 11 is 0. The standard InChI is InChI=1S/C15H12N2O/c1-10-3-5-12(6-4-10)14-7-13(8-16)15(9-18)17-11(14)2/h3-7,17H,1-2H3. The molecule has 3 heteroatoms. The van der Waals surface area contributed by atoms with Crippen LogP contribution in [0.4, 0.5) is 0 Å². The molecule has 1 aliphatic rings. The predicted molar refractivity (Wildman–Crippen MR) is 69.8 cm³/mol. The number of hydrogen-bond acceptors (Lipinski definition) is 3. The molecule has 18 heavy (non-hydrogen) atoms. The Bertz CT molecular complexity index is 636. The van der Waals surface area contributed by atoms with Crippen LogP contribution in [0.5, 0.6) is 0 Å². The molecular formula is C15H12N2O. The number of nitrogens with one attached hydrogen (secondary N) is 1. The van der Waals surface area contributed by atoms with E-state index in [0.29, 0.717) is 5.57 Å². The van der Waals surface area contributed by atoms with E-state index in [1.54, 1.807) is 12.0 Å². The fourth-order valence-electron chi connectivity index (χ4n) is 1.85. The van der Waals surface area contributed by atoms with E-state index < -0.39 is 0 Å². The zero-order chi connectivity index (χ0) is 13.1. The smallest absolute Gasteiger partial charge is 0.151 e. The van der Waals surface area contributed by atoms with Crippen LogP contribution in [0.3, 0.4) is 0 Å². The van der Waals surface area contributed by atoms with Crippen LogP contribution >= 0.6 is 0 Å². The number of nitrogens with zero attached hydrogens (tertiary/aromatic N) is 1. The topological polar surface area (TPSA) is 52.9 Å². The number of rotatable bonds is 1. The fraction of sp³-hybridized carbons (Fsp3) is 0.133. The number of nitriles is 1. The van der Waals surface area contributed by atoms with Crippen molar-refractivity contribution >= 4 is 11.5 Å². The molecule has 0 saturated carbocycles. The van der Waals surface area contributed by atoms with E-state index in [4.69, 9.17) is 5.26 Å². The molecule has 0 aromatic heterocycles. The Morgan fingerprint density at radius 3 is 2.39 bits per heavy atom. The van der Waals surface area contributed by atoms with Gasteiger partial charge < -0.3 is 5.32 Å². The number of allylic oxidation sites excluding steroid dienone is 4. The Morgan fingerprint density at radius 1 is 1.17 bits per heavy atom. The summed E-state index contributed by atoms with van der Waals surface area (Å²) in [5.41, 5.74) is 4.47. The summed E-state index contributed by atoms with van der Waals surface area (Å²) in [6.45, 7) is 3.89. The van der Waals surface area contributed by atoms with Crippen molar-refractivity contribution < 1.29 is 4.79 Å². The second-order valence-electron chi connectivity index (χ2n) is 4.18. The van der Waals surface area contributed by atoms with Crippen molar-refractivity contribution in [3.05, 3.63) is 58.4 Å². The maximum atomic E-state index is 10.7. The van der Waals surface area contributed by atoms with Gasteiger partial charge in [0.05, 0.1) is 5.57 Å². The molecule has 1 N–H and O–H groups in total. The zero-order valence-electron chi connectivity index (χ0n) is 10.2. The van der Waals surface area contributed by atoms with Crippen LogP contribution in [-0.4, -0.2) is 5.94 Å². The van der Waals surface area contributed by atoms with E-state index in [2.05, 4.69) is 5.32 Å². The van der Waals surface area contributed by atoms with Gasteiger partial charge in [0, 0.05) is 11.3 Å². The van der Waals surface area contributed by atoms with Gasteiger partial charge in [0.1, 0.15) is 11.8 Å². The first-order valence-corrected chi connectivity index (χ1v) is 5.58. The number of hydrogen-bond donors (Lipinski definition) is 1. The molecule has 1 aromatic carbocycles. The van der Waals surface area contributed by atoms with Crippen LogP contribution in [0.15, 0.2) is 47.3 Å². The third-order valence-corrected chi connectivity index (χ3v) is 2.86. The minimum Gasteiger partial charge on any atom is -0.348 e. The lowest BCUT2D eigenvalue weighted by molar-refractivity contribution is 0.566. The lowest BCUT2D eigenvalue weighted by Crippen LogP contribution is -2.18. The summed E-state index contributed by atoms with van der Waals surface area (Å²) in [7, 11) is 0. The first kappa shape index (κ1) is 11.9. The van der Waals surface area contributed by atoms with Gasteiger partial charge in [-0.3, -0.25) is 0 Å². The minimum absolute atomic E-state index is 0.200. The van der Waals surface area contributed by atoms with Gasteiger partial charge in [-0.05, 0) is 25.5 Å². The number of dihydropyridines is 1. The molecule has 0 aliphatic carbocycles. The second-order valence-corrected chi connectivity index (χ2v) is 4.18. The lowest BCUT2D eigenvalue weighted by atomic mass is 9.96. The normalized spacial score (nSPS) is 14.5. The first-order valence-electron chi connectivity index (χ1n) is 5.58. The fourth-order valence-corrected chi connectivity index (χ4v) is 1.85. The van der Waals surface area contributed by atoms with Gasteiger partial charge in [0.2, 0.25) is 0 Å². The Kier molecular flexibility index (Phi) is 3.14. The first-order chi connectivity index (χ1) is 8.65. The Hall–Kier alpha value is -2.56. The van der Waals surface area contributed by atoms with Gasteiger partial charge in [-0.2, -0.15) is 5.26 Å². The molecule has 0 fully saturated rings. The van der Waals surface area contributed by atoms with Crippen molar-refractivity contribution in [2.75, 3.05) is 0 Å². The molecule has 0 radical (unpaired) electrons. The zero-order valence-corrected chi connectivity index (χ0v) is 10.2. The molecule has 0 saturated heterocycles. The van der Waals surface area contributed by atoms with Gasteiger partial charge in [-0.15, -0.1) is 0 Å². The quantitative estimate of drug-likeness (QED) is 0.762. The highest BCUT2D eigenvalue weighted by Crippen LogP contribution is 2.26. The summed E-state index contributed by atoms with van der Waals surface area (Å²) in [5.74, 6) is 1.75. The van der Waals surface area contributed by atoms with Crippen molar-refractivity contribution in [2.24, 2.45) is 0 Å². The SMILES string of the molecule is CC1=C(c2ccc(C)cc2)C=C(C#N)C(=C=O)N1. The van der Waals surface area contributed by atoms with Gasteiger partial charge >= 0.3 is 0 Å². The van der Waals surface area contributed by atoms with E-state index >= 15 is 0 Å². The Labute approximate surface area is 106 Å². The highest BCUT2D eigenvalue weighted by molar-refractivity contribution is 5.83. The summed E-state index contributed by atoms with van der Waals surface area (Å²) in [5, 5.41) is 11.9. The monoisotopic (exact) mass is 236 g/mol. The molecule has 88 valence electrons. The molecule has 0 spiro atoms. The molecule has 0 atom stereocenters. The van der Waals surface area contributed by atoms with E-state index in [1.165, 1.54) is 5.56 Å². The van der Waals surface area contributed by atoms with Crippen molar-refractivity contribution in [3.63, 3.8) is 0 Å². The lowest BCUT2D eigenvalue weighted by Gasteiger charge is -2.17. The van der Waals surface area contributed by atoms with Gasteiger partial charge in [0.25, 0.3) is 0 Å². The molecule has 0 bridgehead atoms. The van der Waals surface area contributed by atoms with E-state index in [-0.39, 0.29) is 5.70 Å². The molecule has 3 nitrogen and oxygen atoms in total. The third-order valence-electron chi connectivity index (χ3n) is 2.86. The van der Waals surface area contributed by atoms with Crippen molar-refractivity contribution in [2.45, 2.75) is 13.8 Å².